The molecule has 0 heterocycles. The lowest BCUT2D eigenvalue weighted by Gasteiger charge is -2.31. The molecule has 1 aromatic carbocycles. The Balaban J connectivity index is 1.71. The van der Waals surface area contributed by atoms with Crippen molar-refractivity contribution in [2.75, 3.05) is 0 Å². The summed E-state index contributed by atoms with van der Waals surface area (Å²) in [5, 5.41) is 11.2. The predicted octanol–water partition coefficient (Wildman–Crippen LogP) is 3.66. The third kappa shape index (κ3) is 1.37. The molecule has 1 aromatic rings. The van der Waals surface area contributed by atoms with Gasteiger partial charge in [0, 0.05) is 5.92 Å². The highest BCUT2D eigenvalue weighted by molar-refractivity contribution is 5.38. The van der Waals surface area contributed by atoms with Gasteiger partial charge in [0.2, 0.25) is 0 Å². The van der Waals surface area contributed by atoms with E-state index in [9.17, 15) is 5.11 Å². The maximum Gasteiger partial charge on any atom is 0.0779 e. The first-order chi connectivity index (χ1) is 8.82. The summed E-state index contributed by atoms with van der Waals surface area (Å²) < 4.78 is 0. The minimum absolute atomic E-state index is 0.340. The van der Waals surface area contributed by atoms with Gasteiger partial charge in [-0.2, -0.15) is 0 Å². The number of fused-ring (bicyclic) bond motifs is 2. The Bertz CT molecular complexity index is 452. The lowest BCUT2D eigenvalue weighted by atomic mass is 9.77. The standard InChI is InChI=1S/C17H22O/c18-17(15-9-3-4-10-16(15)17)14-11-5-7-12-6-1-2-8-13(12)14/h1-2,6,8,14-16,18H,3-5,7,9-11H2. The molecule has 4 rings (SSSR count). The molecule has 1 N–H and O–H groups in total. The molecular weight excluding hydrogens is 220 g/mol. The van der Waals surface area contributed by atoms with Crippen LogP contribution in [0.1, 0.15) is 55.6 Å². The molecule has 3 aliphatic rings. The summed E-state index contributed by atoms with van der Waals surface area (Å²) in [6.07, 6.45) is 8.84. The van der Waals surface area contributed by atoms with Gasteiger partial charge in [0.05, 0.1) is 5.60 Å². The van der Waals surface area contributed by atoms with Crippen LogP contribution in [0, 0.1) is 11.8 Å². The van der Waals surface area contributed by atoms with Gasteiger partial charge in [0.15, 0.2) is 0 Å². The van der Waals surface area contributed by atoms with E-state index in [0.29, 0.717) is 17.8 Å². The van der Waals surface area contributed by atoms with E-state index in [-0.39, 0.29) is 5.60 Å². The lowest BCUT2D eigenvalue weighted by molar-refractivity contribution is 0.0796. The zero-order valence-electron chi connectivity index (χ0n) is 10.9. The van der Waals surface area contributed by atoms with E-state index >= 15 is 0 Å². The van der Waals surface area contributed by atoms with Crippen molar-refractivity contribution in [2.24, 2.45) is 11.8 Å². The van der Waals surface area contributed by atoms with E-state index in [1.54, 1.807) is 0 Å². The second-order valence-corrected chi connectivity index (χ2v) is 6.53. The van der Waals surface area contributed by atoms with Crippen LogP contribution in [-0.2, 0) is 6.42 Å². The Morgan fingerprint density at radius 1 is 0.944 bits per heavy atom. The average Bonchev–Trinajstić information content (AvgIpc) is 3.06. The molecule has 0 saturated heterocycles. The molecule has 3 unspecified atom stereocenters. The molecule has 0 aromatic heterocycles. The highest BCUT2D eigenvalue weighted by atomic mass is 16.3. The monoisotopic (exact) mass is 242 g/mol. The van der Waals surface area contributed by atoms with Crippen molar-refractivity contribution in [1.82, 2.24) is 0 Å². The molecule has 0 radical (unpaired) electrons. The summed E-state index contributed by atoms with van der Waals surface area (Å²) in [6.45, 7) is 0. The third-order valence-electron chi connectivity index (χ3n) is 5.77. The number of aliphatic hydroxyl groups is 1. The first-order valence-corrected chi connectivity index (χ1v) is 7.62. The minimum Gasteiger partial charge on any atom is -0.389 e. The largest absolute Gasteiger partial charge is 0.389 e. The summed E-state index contributed by atoms with van der Waals surface area (Å²) in [4.78, 5) is 0. The molecule has 3 aliphatic carbocycles. The fourth-order valence-corrected chi connectivity index (χ4v) is 4.89. The number of aryl methyl sites for hydroxylation is 1. The molecule has 2 fully saturated rings. The third-order valence-corrected chi connectivity index (χ3v) is 5.77. The molecule has 1 nitrogen and oxygen atoms in total. The van der Waals surface area contributed by atoms with Crippen molar-refractivity contribution >= 4 is 0 Å². The van der Waals surface area contributed by atoms with Gasteiger partial charge in [-0.05, 0) is 55.1 Å². The van der Waals surface area contributed by atoms with Crippen LogP contribution in [0.15, 0.2) is 24.3 Å². The van der Waals surface area contributed by atoms with Gasteiger partial charge >= 0.3 is 0 Å². The van der Waals surface area contributed by atoms with Gasteiger partial charge < -0.3 is 5.11 Å². The van der Waals surface area contributed by atoms with Gasteiger partial charge in [0.25, 0.3) is 0 Å². The van der Waals surface area contributed by atoms with Crippen molar-refractivity contribution in [3.8, 4) is 0 Å². The Morgan fingerprint density at radius 2 is 1.67 bits per heavy atom. The molecular formula is C17H22O. The maximum atomic E-state index is 11.2. The second-order valence-electron chi connectivity index (χ2n) is 6.53. The summed E-state index contributed by atoms with van der Waals surface area (Å²) in [5.41, 5.74) is 2.61. The van der Waals surface area contributed by atoms with Crippen LogP contribution in [0.3, 0.4) is 0 Å². The summed E-state index contributed by atoms with van der Waals surface area (Å²) >= 11 is 0. The predicted molar refractivity (Wildman–Crippen MR) is 72.5 cm³/mol. The minimum atomic E-state index is -0.340. The quantitative estimate of drug-likeness (QED) is 0.797. The van der Waals surface area contributed by atoms with Crippen LogP contribution in [0.25, 0.3) is 0 Å². The van der Waals surface area contributed by atoms with Crippen LogP contribution in [0.4, 0.5) is 0 Å². The highest BCUT2D eigenvalue weighted by Gasteiger charge is 2.67. The van der Waals surface area contributed by atoms with Gasteiger partial charge in [-0.3, -0.25) is 0 Å². The van der Waals surface area contributed by atoms with E-state index < -0.39 is 0 Å². The van der Waals surface area contributed by atoms with E-state index in [4.69, 9.17) is 0 Å². The molecule has 3 atom stereocenters. The van der Waals surface area contributed by atoms with Crippen LogP contribution < -0.4 is 0 Å². The van der Waals surface area contributed by atoms with Gasteiger partial charge in [-0.1, -0.05) is 37.1 Å². The number of hydrogen-bond acceptors (Lipinski definition) is 1. The number of rotatable bonds is 1. The first-order valence-electron chi connectivity index (χ1n) is 7.62. The normalized spacial score (nSPS) is 41.9. The molecule has 0 amide bonds. The first kappa shape index (κ1) is 11.0. The second kappa shape index (κ2) is 3.84. The van der Waals surface area contributed by atoms with E-state index in [2.05, 4.69) is 24.3 Å². The molecule has 0 spiro atoms. The molecule has 0 aliphatic heterocycles. The molecule has 96 valence electrons. The van der Waals surface area contributed by atoms with Crippen LogP contribution in [-0.4, -0.2) is 10.7 Å². The smallest absolute Gasteiger partial charge is 0.0779 e. The molecule has 1 heteroatoms. The van der Waals surface area contributed by atoms with Gasteiger partial charge in [-0.25, -0.2) is 0 Å². The Labute approximate surface area is 109 Å². The van der Waals surface area contributed by atoms with Crippen LogP contribution >= 0.6 is 0 Å². The van der Waals surface area contributed by atoms with Gasteiger partial charge in [0.1, 0.15) is 0 Å². The molecule has 0 bridgehead atoms. The lowest BCUT2D eigenvalue weighted by Crippen LogP contribution is -2.27. The molecule has 2 saturated carbocycles. The van der Waals surface area contributed by atoms with Crippen LogP contribution in [0.5, 0.6) is 0 Å². The average molecular weight is 242 g/mol. The Morgan fingerprint density at radius 3 is 2.44 bits per heavy atom. The topological polar surface area (TPSA) is 20.2 Å². The van der Waals surface area contributed by atoms with Gasteiger partial charge in [-0.15, -0.1) is 0 Å². The number of benzene rings is 1. The maximum absolute atomic E-state index is 11.2. The fourth-order valence-electron chi connectivity index (χ4n) is 4.89. The summed E-state index contributed by atoms with van der Waals surface area (Å²) in [7, 11) is 0. The summed E-state index contributed by atoms with van der Waals surface area (Å²) in [5.74, 6) is 1.65. The van der Waals surface area contributed by atoms with Crippen molar-refractivity contribution in [3.63, 3.8) is 0 Å². The van der Waals surface area contributed by atoms with E-state index in [1.807, 2.05) is 0 Å². The Hall–Kier alpha value is -0.820. The highest BCUT2D eigenvalue weighted by Crippen LogP contribution is 2.66. The SMILES string of the molecule is OC1(C2CCCc3ccccc32)C2CCCCC21. The van der Waals surface area contributed by atoms with Crippen molar-refractivity contribution in [1.29, 1.82) is 0 Å². The molecule has 18 heavy (non-hydrogen) atoms. The fraction of sp³-hybridized carbons (Fsp3) is 0.647. The van der Waals surface area contributed by atoms with Crippen LogP contribution in [0.2, 0.25) is 0 Å². The Kier molecular flexibility index (Phi) is 2.35. The zero-order chi connectivity index (χ0) is 12.2. The van der Waals surface area contributed by atoms with Crippen molar-refractivity contribution in [3.05, 3.63) is 35.4 Å². The zero-order valence-corrected chi connectivity index (χ0v) is 10.9. The number of hydrogen-bond donors (Lipinski definition) is 1. The van der Waals surface area contributed by atoms with E-state index in [1.165, 1.54) is 56.1 Å². The van der Waals surface area contributed by atoms with E-state index in [0.717, 1.165) is 0 Å². The van der Waals surface area contributed by atoms with Crippen molar-refractivity contribution < 1.29 is 5.11 Å². The summed E-state index contributed by atoms with van der Waals surface area (Å²) in [6, 6.07) is 8.82. The van der Waals surface area contributed by atoms with Crippen molar-refractivity contribution in [2.45, 2.75) is 56.5 Å².